The van der Waals surface area contributed by atoms with Gasteiger partial charge in [-0.2, -0.15) is 0 Å². The number of benzene rings is 1. The van der Waals surface area contributed by atoms with Crippen LogP contribution in [0.2, 0.25) is 0 Å². The number of H-pyrrole nitrogens is 1. The largest absolute Gasteiger partial charge is 0.494 e. The molecule has 1 saturated heterocycles. The first-order valence-electron chi connectivity index (χ1n) is 12.0. The Morgan fingerprint density at radius 1 is 1.11 bits per heavy atom. The number of rotatable bonds is 6. The first-order valence-corrected chi connectivity index (χ1v) is 13.4. The van der Waals surface area contributed by atoms with E-state index in [1.807, 2.05) is 13.0 Å². The zero-order valence-corrected chi connectivity index (χ0v) is 21.6. The number of aryl methyl sites for hydroxylation is 1. The van der Waals surface area contributed by atoms with Crippen LogP contribution in [0, 0.1) is 6.92 Å². The number of aromatic nitrogens is 5. The van der Waals surface area contributed by atoms with Crippen molar-refractivity contribution in [2.75, 3.05) is 26.9 Å². The van der Waals surface area contributed by atoms with E-state index in [1.54, 1.807) is 47.3 Å². The molecule has 1 aliphatic heterocycles. The Labute approximate surface area is 217 Å². The summed E-state index contributed by atoms with van der Waals surface area (Å²) >= 11 is 0. The van der Waals surface area contributed by atoms with Gasteiger partial charge < -0.3 is 14.2 Å². The molecule has 11 nitrogen and oxygen atoms in total. The van der Waals surface area contributed by atoms with Gasteiger partial charge in [-0.25, -0.2) is 27.2 Å². The number of aromatic amines is 1. The summed E-state index contributed by atoms with van der Waals surface area (Å²) < 4.78 is 46.2. The molecule has 1 aliphatic rings. The van der Waals surface area contributed by atoms with E-state index in [-0.39, 0.29) is 22.3 Å². The highest BCUT2D eigenvalue weighted by atomic mass is 32.2. The predicted molar refractivity (Wildman–Crippen MR) is 140 cm³/mol. The third kappa shape index (κ3) is 4.16. The summed E-state index contributed by atoms with van der Waals surface area (Å²) in [5, 5.41) is 0.528. The lowest BCUT2D eigenvalue weighted by atomic mass is 10.1. The molecule has 5 heterocycles. The minimum Gasteiger partial charge on any atom is -0.494 e. The molecule has 1 fully saturated rings. The van der Waals surface area contributed by atoms with Gasteiger partial charge in [-0.15, -0.1) is 0 Å². The van der Waals surface area contributed by atoms with Crippen LogP contribution in [0.3, 0.4) is 0 Å². The topological polar surface area (TPSA) is 130 Å². The van der Waals surface area contributed by atoms with Gasteiger partial charge in [-0.05, 0) is 31.2 Å². The Kier molecular flexibility index (Phi) is 6.01. The van der Waals surface area contributed by atoms with Crippen molar-refractivity contribution in [2.45, 2.75) is 24.5 Å². The van der Waals surface area contributed by atoms with Gasteiger partial charge in [0.25, 0.3) is 10.0 Å². The maximum Gasteiger partial charge on any atom is 0.327 e. The molecule has 1 aromatic carbocycles. The number of imidazole rings is 1. The molecule has 0 unspecified atom stereocenters. The molecule has 1 atom stereocenters. The zero-order chi connectivity index (χ0) is 26.4. The molecule has 196 valence electrons. The van der Waals surface area contributed by atoms with Crippen molar-refractivity contribution in [3.63, 3.8) is 0 Å². The van der Waals surface area contributed by atoms with E-state index >= 15 is 0 Å². The van der Waals surface area contributed by atoms with E-state index in [0.29, 0.717) is 59.8 Å². The van der Waals surface area contributed by atoms with Crippen LogP contribution in [0.25, 0.3) is 33.3 Å². The Balaban J connectivity index is 1.42. The lowest BCUT2D eigenvalue weighted by Crippen LogP contribution is -2.34. The van der Waals surface area contributed by atoms with E-state index < -0.39 is 10.0 Å². The lowest BCUT2D eigenvalue weighted by Gasteiger charge is -2.23. The molecule has 0 radical (unpaired) electrons. The fraction of sp³-hybridized carbons (Fsp3) is 0.269. The predicted octanol–water partition coefficient (Wildman–Crippen LogP) is 2.71. The van der Waals surface area contributed by atoms with Crippen LogP contribution in [-0.2, 0) is 26.0 Å². The molecular weight excluding hydrogens is 510 g/mol. The van der Waals surface area contributed by atoms with Crippen molar-refractivity contribution >= 4 is 32.2 Å². The average molecular weight is 536 g/mol. The number of methoxy groups -OCH3 is 1. The quantitative estimate of drug-likeness (QED) is 0.351. The second-order valence-corrected chi connectivity index (χ2v) is 10.9. The maximum atomic E-state index is 13.4. The second-order valence-electron chi connectivity index (χ2n) is 9.11. The van der Waals surface area contributed by atoms with Gasteiger partial charge in [0.05, 0.1) is 61.6 Å². The summed E-state index contributed by atoms with van der Waals surface area (Å²) in [6, 6.07) is 10.3. The molecule has 38 heavy (non-hydrogen) atoms. The van der Waals surface area contributed by atoms with E-state index in [1.165, 1.54) is 13.3 Å². The van der Waals surface area contributed by atoms with Gasteiger partial charge in [-0.1, -0.05) is 17.7 Å². The standard InChI is InChI=1S/C26H25N5O6S/c1-16-3-5-20(6-4-16)38(33,34)31-14-23(35-2)21-9-17(12-28-25(21)31)18-10-22-24(27-11-18)29-26(32)30(22)13-19-15-36-7-8-37-19/h3-6,9-12,14,19H,7-8,13,15H2,1-2H3,(H,27,29,32)/t19-/m0/s1. The van der Waals surface area contributed by atoms with E-state index in [0.717, 1.165) is 9.54 Å². The van der Waals surface area contributed by atoms with Crippen LogP contribution in [-0.4, -0.2) is 64.9 Å². The fourth-order valence-electron chi connectivity index (χ4n) is 4.60. The molecule has 0 saturated carbocycles. The number of fused-ring (bicyclic) bond motifs is 2. The minimum absolute atomic E-state index is 0.154. The van der Waals surface area contributed by atoms with Crippen LogP contribution in [0.1, 0.15) is 5.56 Å². The van der Waals surface area contributed by atoms with Gasteiger partial charge in [-0.3, -0.25) is 9.55 Å². The summed E-state index contributed by atoms with van der Waals surface area (Å²) in [5.41, 5.74) is 3.39. The lowest BCUT2D eigenvalue weighted by molar-refractivity contribution is -0.0934. The van der Waals surface area contributed by atoms with Crippen LogP contribution in [0.5, 0.6) is 5.75 Å². The molecule has 12 heteroatoms. The van der Waals surface area contributed by atoms with Gasteiger partial charge in [0, 0.05) is 23.5 Å². The summed E-state index contributed by atoms with van der Waals surface area (Å²) in [4.78, 5) is 24.5. The first-order chi connectivity index (χ1) is 18.3. The van der Waals surface area contributed by atoms with Crippen molar-refractivity contribution in [1.82, 2.24) is 23.5 Å². The highest BCUT2D eigenvalue weighted by Gasteiger charge is 2.24. The van der Waals surface area contributed by atoms with E-state index in [9.17, 15) is 13.2 Å². The summed E-state index contributed by atoms with van der Waals surface area (Å²) in [5.74, 6) is 0.368. The van der Waals surface area contributed by atoms with Crippen LogP contribution < -0.4 is 10.4 Å². The Morgan fingerprint density at radius 3 is 2.61 bits per heavy atom. The molecule has 1 N–H and O–H groups in total. The summed E-state index contributed by atoms with van der Waals surface area (Å²) in [6.45, 7) is 3.66. The summed E-state index contributed by atoms with van der Waals surface area (Å²) in [6.07, 6.45) is 4.41. The molecule has 5 aromatic rings. The van der Waals surface area contributed by atoms with Crippen molar-refractivity contribution < 1.29 is 22.6 Å². The van der Waals surface area contributed by atoms with Crippen LogP contribution >= 0.6 is 0 Å². The zero-order valence-electron chi connectivity index (χ0n) is 20.7. The Bertz CT molecular complexity index is 1820. The second kappa shape index (κ2) is 9.39. The molecule has 0 aliphatic carbocycles. The van der Waals surface area contributed by atoms with Crippen LogP contribution in [0.15, 0.2) is 64.7 Å². The van der Waals surface area contributed by atoms with Crippen molar-refractivity contribution in [3.8, 4) is 16.9 Å². The van der Waals surface area contributed by atoms with Crippen molar-refractivity contribution in [3.05, 3.63) is 71.0 Å². The molecule has 0 bridgehead atoms. The Hall–Kier alpha value is -4.00. The van der Waals surface area contributed by atoms with Crippen molar-refractivity contribution in [1.29, 1.82) is 0 Å². The van der Waals surface area contributed by atoms with E-state index in [2.05, 4.69) is 15.0 Å². The van der Waals surface area contributed by atoms with Gasteiger partial charge in [0.1, 0.15) is 5.75 Å². The number of nitrogens with zero attached hydrogens (tertiary/aromatic N) is 4. The van der Waals surface area contributed by atoms with E-state index in [4.69, 9.17) is 14.2 Å². The monoisotopic (exact) mass is 535 g/mol. The third-order valence-electron chi connectivity index (χ3n) is 6.61. The SMILES string of the molecule is COc1cn(S(=O)(=O)c2ccc(C)cc2)c2ncc(-c3cnc4[nH]c(=O)n(C[C@H]5COCCO5)c4c3)cc12. The van der Waals surface area contributed by atoms with Crippen molar-refractivity contribution in [2.24, 2.45) is 0 Å². The molecule has 0 amide bonds. The normalized spacial score (nSPS) is 16.3. The molecule has 0 spiro atoms. The maximum absolute atomic E-state index is 13.4. The number of hydrogen-bond donors (Lipinski definition) is 1. The van der Waals surface area contributed by atoms with Gasteiger partial charge in [0.15, 0.2) is 11.3 Å². The summed E-state index contributed by atoms with van der Waals surface area (Å²) in [7, 11) is -2.42. The average Bonchev–Trinajstić information content (AvgIpc) is 3.46. The minimum atomic E-state index is -3.90. The highest BCUT2D eigenvalue weighted by molar-refractivity contribution is 7.90. The van der Waals surface area contributed by atoms with Gasteiger partial charge >= 0.3 is 5.69 Å². The van der Waals surface area contributed by atoms with Gasteiger partial charge in [0.2, 0.25) is 0 Å². The molecule has 6 rings (SSSR count). The molecule has 4 aromatic heterocycles. The number of pyridine rings is 2. The Morgan fingerprint density at radius 2 is 1.87 bits per heavy atom. The number of nitrogens with one attached hydrogen (secondary N) is 1. The number of ether oxygens (including phenoxy) is 3. The third-order valence-corrected chi connectivity index (χ3v) is 8.27. The first kappa shape index (κ1) is 24.3. The smallest absolute Gasteiger partial charge is 0.327 e. The fourth-order valence-corrected chi connectivity index (χ4v) is 5.91. The number of hydrogen-bond acceptors (Lipinski definition) is 8. The van der Waals surface area contributed by atoms with Crippen LogP contribution in [0.4, 0.5) is 0 Å². The molecular formula is C26H25N5O6S. The highest BCUT2D eigenvalue weighted by Crippen LogP contribution is 2.33.